The minimum absolute atomic E-state index is 0.0542. The van der Waals surface area contributed by atoms with E-state index in [1.807, 2.05) is 0 Å². The molecule has 1 aromatic carbocycles. The van der Waals surface area contributed by atoms with Crippen LogP contribution in [0, 0.1) is 0 Å². The molecule has 0 aliphatic rings. The minimum Gasteiger partial charge on any atom is -0.459 e. The maximum Gasteiger partial charge on any atom is 0.308 e. The molecule has 0 aliphatic heterocycles. The summed E-state index contributed by atoms with van der Waals surface area (Å²) in [5.74, 6) is -1.68. The predicted molar refractivity (Wildman–Crippen MR) is 80.1 cm³/mol. The van der Waals surface area contributed by atoms with Gasteiger partial charge in [0.2, 0.25) is 6.10 Å². The summed E-state index contributed by atoms with van der Waals surface area (Å²) >= 11 is 0. The van der Waals surface area contributed by atoms with E-state index in [4.69, 9.17) is 14.9 Å². The molecule has 1 heterocycles. The summed E-state index contributed by atoms with van der Waals surface area (Å²) in [7, 11) is 0. The first-order valence-corrected chi connectivity index (χ1v) is 6.93. The van der Waals surface area contributed by atoms with Gasteiger partial charge in [0.1, 0.15) is 0 Å². The lowest BCUT2D eigenvalue weighted by atomic mass is 10.1. The Morgan fingerprint density at radius 3 is 2.48 bits per heavy atom. The SMILES string of the molecule is NC(=O)C(OC(=O)CCNC(=O)c1ccco1)c1ccccc1. The van der Waals surface area contributed by atoms with Crippen LogP contribution in [0.2, 0.25) is 0 Å². The molecule has 7 heteroatoms. The highest BCUT2D eigenvalue weighted by atomic mass is 16.5. The molecule has 1 unspecified atom stereocenters. The van der Waals surface area contributed by atoms with E-state index in [0.717, 1.165) is 0 Å². The van der Waals surface area contributed by atoms with E-state index in [0.29, 0.717) is 5.56 Å². The van der Waals surface area contributed by atoms with Crippen LogP contribution in [0.3, 0.4) is 0 Å². The molecular formula is C16H16N2O5. The Morgan fingerprint density at radius 1 is 1.13 bits per heavy atom. The third-order valence-electron chi connectivity index (χ3n) is 2.97. The van der Waals surface area contributed by atoms with Gasteiger partial charge in [-0.15, -0.1) is 0 Å². The van der Waals surface area contributed by atoms with E-state index in [1.165, 1.54) is 12.3 Å². The Kier molecular flexibility index (Phi) is 5.51. The van der Waals surface area contributed by atoms with E-state index >= 15 is 0 Å². The number of amides is 2. The highest BCUT2D eigenvalue weighted by Crippen LogP contribution is 2.17. The van der Waals surface area contributed by atoms with E-state index < -0.39 is 23.9 Å². The molecule has 23 heavy (non-hydrogen) atoms. The van der Waals surface area contributed by atoms with Crippen molar-refractivity contribution >= 4 is 17.8 Å². The summed E-state index contributed by atoms with van der Waals surface area (Å²) in [5.41, 5.74) is 5.75. The predicted octanol–water partition coefficient (Wildman–Crippen LogP) is 1.17. The van der Waals surface area contributed by atoms with Crippen molar-refractivity contribution in [3.05, 3.63) is 60.1 Å². The molecule has 0 fully saturated rings. The van der Waals surface area contributed by atoms with Crippen molar-refractivity contribution < 1.29 is 23.5 Å². The average molecular weight is 316 g/mol. The molecule has 1 atom stereocenters. The van der Waals surface area contributed by atoms with Gasteiger partial charge in [0.05, 0.1) is 12.7 Å². The highest BCUT2D eigenvalue weighted by Gasteiger charge is 2.22. The molecule has 2 aromatic rings. The number of hydrogen-bond acceptors (Lipinski definition) is 5. The maximum absolute atomic E-state index is 11.8. The third-order valence-corrected chi connectivity index (χ3v) is 2.97. The largest absolute Gasteiger partial charge is 0.459 e. The van der Waals surface area contributed by atoms with Gasteiger partial charge >= 0.3 is 5.97 Å². The summed E-state index contributed by atoms with van der Waals surface area (Å²) in [6, 6.07) is 11.6. The summed E-state index contributed by atoms with van der Waals surface area (Å²) in [6.45, 7) is 0.0542. The summed E-state index contributed by atoms with van der Waals surface area (Å²) in [5, 5.41) is 2.51. The zero-order chi connectivity index (χ0) is 16.7. The quantitative estimate of drug-likeness (QED) is 0.745. The van der Waals surface area contributed by atoms with Crippen LogP contribution in [-0.4, -0.2) is 24.3 Å². The van der Waals surface area contributed by atoms with Crippen molar-refractivity contribution in [1.82, 2.24) is 5.32 Å². The Bertz CT molecular complexity index is 667. The Balaban J connectivity index is 1.83. The molecule has 3 N–H and O–H groups in total. The molecule has 0 saturated heterocycles. The van der Waals surface area contributed by atoms with Gasteiger partial charge in [-0.3, -0.25) is 14.4 Å². The van der Waals surface area contributed by atoms with Gasteiger partial charge in [0, 0.05) is 12.1 Å². The highest BCUT2D eigenvalue weighted by molar-refractivity contribution is 5.91. The van der Waals surface area contributed by atoms with Crippen molar-refractivity contribution in [3.63, 3.8) is 0 Å². The van der Waals surface area contributed by atoms with E-state index in [1.54, 1.807) is 36.4 Å². The summed E-state index contributed by atoms with van der Waals surface area (Å²) < 4.78 is 10.00. The van der Waals surface area contributed by atoms with Gasteiger partial charge in [-0.1, -0.05) is 30.3 Å². The van der Waals surface area contributed by atoms with Crippen LogP contribution < -0.4 is 11.1 Å². The van der Waals surface area contributed by atoms with E-state index in [9.17, 15) is 14.4 Å². The minimum atomic E-state index is -1.15. The van der Waals surface area contributed by atoms with Gasteiger partial charge in [-0.25, -0.2) is 0 Å². The lowest BCUT2D eigenvalue weighted by molar-refractivity contribution is -0.155. The van der Waals surface area contributed by atoms with Crippen molar-refractivity contribution in [2.24, 2.45) is 5.73 Å². The molecular weight excluding hydrogens is 300 g/mol. The molecule has 1 aromatic heterocycles. The average Bonchev–Trinajstić information content (AvgIpc) is 3.07. The van der Waals surface area contributed by atoms with Gasteiger partial charge < -0.3 is 20.2 Å². The number of nitrogens with one attached hydrogen (secondary N) is 1. The van der Waals surface area contributed by atoms with Crippen LogP contribution in [-0.2, 0) is 14.3 Å². The number of rotatable bonds is 7. The van der Waals surface area contributed by atoms with Crippen LogP contribution in [0.25, 0.3) is 0 Å². The standard InChI is InChI=1S/C16H16N2O5/c17-15(20)14(11-5-2-1-3-6-11)23-13(19)8-9-18-16(21)12-7-4-10-22-12/h1-7,10,14H,8-9H2,(H2,17,20)(H,18,21). The zero-order valence-electron chi connectivity index (χ0n) is 12.2. The zero-order valence-corrected chi connectivity index (χ0v) is 12.2. The lowest BCUT2D eigenvalue weighted by Gasteiger charge is -2.15. The molecule has 2 amide bonds. The van der Waals surface area contributed by atoms with Crippen molar-refractivity contribution in [2.75, 3.05) is 6.54 Å². The van der Waals surface area contributed by atoms with Crippen LogP contribution in [0.4, 0.5) is 0 Å². The third kappa shape index (κ3) is 4.70. The number of benzene rings is 1. The van der Waals surface area contributed by atoms with Crippen LogP contribution in [0.1, 0.15) is 28.6 Å². The van der Waals surface area contributed by atoms with Crippen LogP contribution in [0.5, 0.6) is 0 Å². The number of esters is 1. The molecule has 0 aliphatic carbocycles. The monoisotopic (exact) mass is 316 g/mol. The van der Waals surface area contributed by atoms with Gasteiger partial charge in [0.15, 0.2) is 5.76 Å². The Morgan fingerprint density at radius 2 is 1.87 bits per heavy atom. The first-order chi connectivity index (χ1) is 11.1. The Hall–Kier alpha value is -3.09. The first kappa shape index (κ1) is 16.3. The number of nitrogens with two attached hydrogens (primary N) is 1. The van der Waals surface area contributed by atoms with Crippen LogP contribution >= 0.6 is 0 Å². The fourth-order valence-corrected chi connectivity index (χ4v) is 1.88. The molecule has 120 valence electrons. The number of furan rings is 1. The van der Waals surface area contributed by atoms with E-state index in [-0.39, 0.29) is 18.7 Å². The van der Waals surface area contributed by atoms with Gasteiger partial charge in [-0.2, -0.15) is 0 Å². The number of carbonyl (C=O) groups excluding carboxylic acids is 3. The molecule has 0 bridgehead atoms. The fourth-order valence-electron chi connectivity index (χ4n) is 1.88. The first-order valence-electron chi connectivity index (χ1n) is 6.93. The van der Waals surface area contributed by atoms with Gasteiger partial charge in [0.25, 0.3) is 11.8 Å². The second-order valence-electron chi connectivity index (χ2n) is 4.67. The molecule has 0 spiro atoms. The molecule has 2 rings (SSSR count). The van der Waals surface area contributed by atoms with Crippen LogP contribution in [0.15, 0.2) is 53.1 Å². The summed E-state index contributed by atoms with van der Waals surface area (Å²) in [6.07, 6.45) is 0.133. The number of hydrogen-bond donors (Lipinski definition) is 2. The number of ether oxygens (including phenoxy) is 1. The van der Waals surface area contributed by atoms with Crippen molar-refractivity contribution in [1.29, 1.82) is 0 Å². The topological polar surface area (TPSA) is 112 Å². The number of primary amides is 1. The second kappa shape index (κ2) is 7.79. The van der Waals surface area contributed by atoms with Crippen molar-refractivity contribution in [3.8, 4) is 0 Å². The second-order valence-corrected chi connectivity index (χ2v) is 4.67. The molecule has 0 radical (unpaired) electrons. The Labute approximate surface area is 132 Å². The lowest BCUT2D eigenvalue weighted by Crippen LogP contribution is -2.29. The number of carbonyl (C=O) groups is 3. The van der Waals surface area contributed by atoms with Crippen molar-refractivity contribution in [2.45, 2.75) is 12.5 Å². The smallest absolute Gasteiger partial charge is 0.308 e. The fraction of sp³-hybridized carbons (Fsp3) is 0.188. The van der Waals surface area contributed by atoms with E-state index in [2.05, 4.69) is 5.32 Å². The van der Waals surface area contributed by atoms with Gasteiger partial charge in [-0.05, 0) is 12.1 Å². The molecule has 7 nitrogen and oxygen atoms in total. The molecule has 0 saturated carbocycles. The maximum atomic E-state index is 11.8. The summed E-state index contributed by atoms with van der Waals surface area (Å²) in [4.78, 5) is 34.8. The normalized spacial score (nSPS) is 11.5.